The molecule has 0 bridgehead atoms. The molecule has 0 saturated heterocycles. The first-order chi connectivity index (χ1) is 13.6. The number of carbonyl (C=O) groups excluding carboxylic acids is 2. The van der Waals surface area contributed by atoms with Gasteiger partial charge in [0.25, 0.3) is 0 Å². The van der Waals surface area contributed by atoms with Gasteiger partial charge in [0.05, 0.1) is 6.42 Å². The van der Waals surface area contributed by atoms with Crippen LogP contribution >= 0.6 is 0 Å². The molecule has 2 amide bonds. The zero-order valence-corrected chi connectivity index (χ0v) is 18.6. The normalized spacial score (nSPS) is 12.3. The molecule has 4 nitrogen and oxygen atoms in total. The van der Waals surface area contributed by atoms with Gasteiger partial charge in [0.2, 0.25) is 11.8 Å². The van der Waals surface area contributed by atoms with Crippen LogP contribution in [-0.4, -0.2) is 28.3 Å². The van der Waals surface area contributed by atoms with Crippen molar-refractivity contribution in [2.75, 3.05) is 0 Å². The molecule has 2 aromatic carbocycles. The highest BCUT2D eigenvalue weighted by atomic mass is 16.2. The molecule has 2 aromatic rings. The molecule has 0 fully saturated rings. The van der Waals surface area contributed by atoms with Crippen LogP contribution in [0.25, 0.3) is 0 Å². The molecule has 0 aliphatic heterocycles. The number of hydrogen-bond acceptors (Lipinski definition) is 2. The van der Waals surface area contributed by atoms with Crippen LogP contribution in [0.5, 0.6) is 0 Å². The number of hydrogen-bond donors (Lipinski definition) is 1. The lowest BCUT2D eigenvalue weighted by atomic mass is 10.0. The summed E-state index contributed by atoms with van der Waals surface area (Å²) in [5.74, 6) is -0.139. The molecule has 29 heavy (non-hydrogen) atoms. The maximum absolute atomic E-state index is 13.4. The fourth-order valence-electron chi connectivity index (χ4n) is 3.60. The Labute approximate surface area is 175 Å². The Balaban J connectivity index is 2.31. The van der Waals surface area contributed by atoms with Crippen molar-refractivity contribution < 1.29 is 9.59 Å². The average molecular weight is 395 g/mol. The molecule has 0 saturated carbocycles. The van der Waals surface area contributed by atoms with E-state index < -0.39 is 6.04 Å². The van der Waals surface area contributed by atoms with Crippen LogP contribution in [0, 0.1) is 13.8 Å². The Hall–Kier alpha value is -2.62. The minimum Gasteiger partial charge on any atom is -0.350 e. The molecular formula is C25H34N2O2. The second kappa shape index (κ2) is 9.73. The molecule has 0 aliphatic carbocycles. The number of benzene rings is 2. The van der Waals surface area contributed by atoms with Gasteiger partial charge >= 0.3 is 0 Å². The van der Waals surface area contributed by atoms with Crippen LogP contribution in [0.15, 0.2) is 48.5 Å². The highest BCUT2D eigenvalue weighted by molar-refractivity contribution is 5.88. The highest BCUT2D eigenvalue weighted by Crippen LogP contribution is 2.17. The van der Waals surface area contributed by atoms with Gasteiger partial charge in [-0.3, -0.25) is 9.59 Å². The molecular weight excluding hydrogens is 360 g/mol. The molecule has 2 rings (SSSR count). The summed E-state index contributed by atoms with van der Waals surface area (Å²) >= 11 is 0. The van der Waals surface area contributed by atoms with Gasteiger partial charge in [0.15, 0.2) is 0 Å². The molecule has 1 N–H and O–H groups in total. The molecule has 1 atom stereocenters. The van der Waals surface area contributed by atoms with Gasteiger partial charge in [-0.05, 0) is 52.2 Å². The van der Waals surface area contributed by atoms with Gasteiger partial charge in [-0.15, -0.1) is 0 Å². The molecule has 0 spiro atoms. The Morgan fingerprint density at radius 1 is 0.966 bits per heavy atom. The first-order valence-corrected chi connectivity index (χ1v) is 10.3. The third-order valence-corrected chi connectivity index (χ3v) is 4.72. The molecule has 0 radical (unpaired) electrons. The van der Waals surface area contributed by atoms with Gasteiger partial charge in [-0.25, -0.2) is 0 Å². The van der Waals surface area contributed by atoms with E-state index in [1.165, 1.54) is 0 Å². The number of amides is 2. The van der Waals surface area contributed by atoms with Crippen LogP contribution in [0.3, 0.4) is 0 Å². The minimum atomic E-state index is -0.507. The molecule has 4 heteroatoms. The number of nitrogens with zero attached hydrogens (tertiary/aromatic N) is 1. The largest absolute Gasteiger partial charge is 0.350 e. The highest BCUT2D eigenvalue weighted by Gasteiger charge is 2.30. The summed E-state index contributed by atoms with van der Waals surface area (Å²) < 4.78 is 0. The van der Waals surface area contributed by atoms with Crippen molar-refractivity contribution in [3.8, 4) is 0 Å². The van der Waals surface area contributed by atoms with E-state index in [9.17, 15) is 9.59 Å². The second-order valence-corrected chi connectivity index (χ2v) is 8.84. The lowest BCUT2D eigenvalue weighted by Crippen LogP contribution is -2.53. The third-order valence-electron chi connectivity index (χ3n) is 4.72. The summed E-state index contributed by atoms with van der Waals surface area (Å²) in [5, 5.41) is 3.04. The number of rotatable bonds is 7. The van der Waals surface area contributed by atoms with Crippen molar-refractivity contribution in [3.63, 3.8) is 0 Å². The van der Waals surface area contributed by atoms with Gasteiger partial charge in [0, 0.05) is 12.1 Å². The number of nitrogens with one attached hydrogen (secondary N) is 1. The van der Waals surface area contributed by atoms with Crippen molar-refractivity contribution in [2.45, 2.75) is 72.5 Å². The number of aryl methyl sites for hydroxylation is 2. The summed E-state index contributed by atoms with van der Waals surface area (Å²) in [7, 11) is 0. The molecule has 0 aliphatic rings. The summed E-state index contributed by atoms with van der Waals surface area (Å²) in [6.45, 7) is 12.3. The molecule has 1 unspecified atom stereocenters. The smallest absolute Gasteiger partial charge is 0.243 e. The standard InChI is InChI=1S/C25H34N2O2/c1-7-22(24(29)26-25(4,5)6)27(17-20-11-9-8-10-12-20)23(28)16-21-14-18(2)13-19(3)15-21/h8-15,22H,7,16-17H2,1-6H3,(H,26,29). The van der Waals surface area contributed by atoms with Gasteiger partial charge in [0.1, 0.15) is 6.04 Å². The minimum absolute atomic E-state index is 0.0326. The maximum atomic E-state index is 13.4. The van der Waals surface area contributed by atoms with Crippen LogP contribution in [-0.2, 0) is 22.6 Å². The van der Waals surface area contributed by atoms with E-state index in [0.29, 0.717) is 13.0 Å². The zero-order chi connectivity index (χ0) is 21.6. The Morgan fingerprint density at radius 3 is 2.07 bits per heavy atom. The Kier molecular flexibility index (Phi) is 7.60. The first-order valence-electron chi connectivity index (χ1n) is 10.3. The monoisotopic (exact) mass is 394 g/mol. The van der Waals surface area contributed by atoms with Crippen molar-refractivity contribution in [2.24, 2.45) is 0 Å². The van der Waals surface area contributed by atoms with Crippen LogP contribution < -0.4 is 5.32 Å². The Morgan fingerprint density at radius 2 is 1.55 bits per heavy atom. The lowest BCUT2D eigenvalue weighted by Gasteiger charge is -2.33. The van der Waals surface area contributed by atoms with E-state index in [1.54, 1.807) is 4.90 Å². The van der Waals surface area contributed by atoms with Crippen LogP contribution in [0.2, 0.25) is 0 Å². The summed E-state index contributed by atoms with van der Waals surface area (Å²) in [5.41, 5.74) is 3.93. The maximum Gasteiger partial charge on any atom is 0.243 e. The van der Waals surface area contributed by atoms with E-state index in [1.807, 2.05) is 84.0 Å². The Bertz CT molecular complexity index is 817. The van der Waals surface area contributed by atoms with Crippen molar-refractivity contribution >= 4 is 11.8 Å². The van der Waals surface area contributed by atoms with Crippen molar-refractivity contribution in [1.29, 1.82) is 0 Å². The van der Waals surface area contributed by atoms with Crippen molar-refractivity contribution in [3.05, 3.63) is 70.8 Å². The van der Waals surface area contributed by atoms with Gasteiger partial charge in [-0.2, -0.15) is 0 Å². The molecule has 0 aromatic heterocycles. The zero-order valence-electron chi connectivity index (χ0n) is 18.6. The fraction of sp³-hybridized carbons (Fsp3) is 0.440. The van der Waals surface area contributed by atoms with Crippen LogP contribution in [0.4, 0.5) is 0 Å². The van der Waals surface area contributed by atoms with E-state index in [-0.39, 0.29) is 23.8 Å². The summed E-state index contributed by atoms with van der Waals surface area (Å²) in [6, 6.07) is 15.5. The van der Waals surface area contributed by atoms with Crippen LogP contribution in [0.1, 0.15) is 56.4 Å². The van der Waals surface area contributed by atoms with Gasteiger partial charge < -0.3 is 10.2 Å². The second-order valence-electron chi connectivity index (χ2n) is 8.84. The third kappa shape index (κ3) is 7.04. The quantitative estimate of drug-likeness (QED) is 0.748. The first kappa shape index (κ1) is 22.7. The number of carbonyl (C=O) groups is 2. The lowest BCUT2D eigenvalue weighted by molar-refractivity contribution is -0.141. The fourth-order valence-corrected chi connectivity index (χ4v) is 3.60. The predicted molar refractivity (Wildman–Crippen MR) is 119 cm³/mol. The van der Waals surface area contributed by atoms with E-state index in [2.05, 4.69) is 11.4 Å². The molecule has 0 heterocycles. The predicted octanol–water partition coefficient (Wildman–Crippen LogP) is 4.57. The SMILES string of the molecule is CCC(C(=O)NC(C)(C)C)N(Cc1ccccc1)C(=O)Cc1cc(C)cc(C)c1. The van der Waals surface area contributed by atoms with E-state index in [0.717, 1.165) is 22.3 Å². The molecule has 156 valence electrons. The van der Waals surface area contributed by atoms with E-state index >= 15 is 0 Å². The summed E-state index contributed by atoms with van der Waals surface area (Å²) in [6.07, 6.45) is 0.849. The van der Waals surface area contributed by atoms with Crippen molar-refractivity contribution in [1.82, 2.24) is 10.2 Å². The average Bonchev–Trinajstić information content (AvgIpc) is 2.60. The van der Waals surface area contributed by atoms with E-state index in [4.69, 9.17) is 0 Å². The van der Waals surface area contributed by atoms with Gasteiger partial charge in [-0.1, -0.05) is 66.6 Å². The topological polar surface area (TPSA) is 49.4 Å². The summed E-state index contributed by atoms with van der Waals surface area (Å²) in [4.78, 5) is 28.1.